The van der Waals surface area contributed by atoms with E-state index in [0.29, 0.717) is 0 Å². The molecule has 8 nitrogen and oxygen atoms in total. The van der Waals surface area contributed by atoms with Gasteiger partial charge in [-0.05, 0) is 0 Å². The fourth-order valence-corrected chi connectivity index (χ4v) is 1.18. The molecule has 0 fully saturated rings. The molecule has 0 aromatic carbocycles. The molecule has 2 aromatic heterocycles. The van der Waals surface area contributed by atoms with Crippen molar-refractivity contribution >= 4 is 29.0 Å². The first-order valence-corrected chi connectivity index (χ1v) is 3.65. The number of nitrogen functional groups attached to an aromatic ring is 2. The van der Waals surface area contributed by atoms with Gasteiger partial charge in [0.25, 0.3) is 0 Å². The number of primary amides is 1. The number of imidazole rings is 1. The van der Waals surface area contributed by atoms with Crippen molar-refractivity contribution in [2.24, 2.45) is 5.73 Å². The van der Waals surface area contributed by atoms with E-state index in [0.717, 1.165) is 4.57 Å². The molecule has 0 aliphatic heterocycles. The van der Waals surface area contributed by atoms with Crippen LogP contribution in [-0.4, -0.2) is 25.6 Å². The molecule has 14 heavy (non-hydrogen) atoms. The topological polar surface area (TPSA) is 139 Å². The number of hydrogen-bond donors (Lipinski definition) is 3. The summed E-state index contributed by atoms with van der Waals surface area (Å²) in [4.78, 5) is 22.3. The van der Waals surface area contributed by atoms with Crippen LogP contribution in [0.25, 0.3) is 11.2 Å². The third-order valence-electron chi connectivity index (χ3n) is 1.72. The zero-order valence-corrected chi connectivity index (χ0v) is 7.01. The zero-order valence-electron chi connectivity index (χ0n) is 7.01. The second-order valence-electron chi connectivity index (χ2n) is 2.57. The molecule has 0 spiro atoms. The van der Waals surface area contributed by atoms with Crippen LogP contribution in [0.3, 0.4) is 0 Å². The van der Waals surface area contributed by atoms with Crippen LogP contribution in [-0.2, 0) is 0 Å². The summed E-state index contributed by atoms with van der Waals surface area (Å²) in [5.74, 6) is 0.0534. The van der Waals surface area contributed by atoms with Gasteiger partial charge in [0.2, 0.25) is 5.95 Å². The zero-order chi connectivity index (χ0) is 10.3. The van der Waals surface area contributed by atoms with Gasteiger partial charge in [0.05, 0.1) is 0 Å². The van der Waals surface area contributed by atoms with E-state index in [1.807, 2.05) is 0 Å². The van der Waals surface area contributed by atoms with Gasteiger partial charge >= 0.3 is 6.03 Å². The van der Waals surface area contributed by atoms with Gasteiger partial charge in [0.1, 0.15) is 11.8 Å². The number of amides is 1. The van der Waals surface area contributed by atoms with Crippen LogP contribution >= 0.6 is 0 Å². The molecule has 0 saturated heterocycles. The first-order chi connectivity index (χ1) is 6.61. The lowest BCUT2D eigenvalue weighted by molar-refractivity contribution is 0.251. The van der Waals surface area contributed by atoms with Crippen LogP contribution in [0.4, 0.5) is 16.6 Å². The smallest absolute Gasteiger partial charge is 0.326 e. The molecule has 0 unspecified atom stereocenters. The molecular formula is C6H7N7O. The second kappa shape index (κ2) is 2.55. The maximum absolute atomic E-state index is 11.0. The molecule has 0 aliphatic rings. The molecular weight excluding hydrogens is 186 g/mol. The highest BCUT2D eigenvalue weighted by Crippen LogP contribution is 2.18. The third kappa shape index (κ3) is 0.937. The Morgan fingerprint density at radius 3 is 2.71 bits per heavy atom. The van der Waals surface area contributed by atoms with Crippen LogP contribution in [0, 0.1) is 0 Å². The van der Waals surface area contributed by atoms with E-state index in [1.165, 1.54) is 6.33 Å². The SMILES string of the molecule is NC(=O)n1c(N)nc2ncnc(N)c21. The standard InChI is InChI=1S/C6H7N7O/c7-3-2-4(11-1-10-3)12-5(8)13(2)6(9)14/h1H,(H2,9,14)(H4,7,8,10,11,12). The highest BCUT2D eigenvalue weighted by atomic mass is 16.2. The Balaban J connectivity index is 2.93. The largest absolute Gasteiger partial charge is 0.382 e. The summed E-state index contributed by atoms with van der Waals surface area (Å²) in [7, 11) is 0. The van der Waals surface area contributed by atoms with Gasteiger partial charge < -0.3 is 17.2 Å². The first kappa shape index (κ1) is 8.23. The predicted octanol–water partition coefficient (Wildman–Crippen LogP) is -1.08. The molecule has 8 heteroatoms. The van der Waals surface area contributed by atoms with E-state index in [2.05, 4.69) is 15.0 Å². The summed E-state index contributed by atoms with van der Waals surface area (Å²) in [6.07, 6.45) is 1.23. The Morgan fingerprint density at radius 2 is 2.07 bits per heavy atom. The highest BCUT2D eigenvalue weighted by molar-refractivity contribution is 5.94. The highest BCUT2D eigenvalue weighted by Gasteiger charge is 2.15. The van der Waals surface area contributed by atoms with Crippen LogP contribution in [0.1, 0.15) is 0 Å². The number of carbonyl (C=O) groups is 1. The number of rotatable bonds is 0. The molecule has 72 valence electrons. The lowest BCUT2D eigenvalue weighted by Crippen LogP contribution is -2.21. The average molecular weight is 193 g/mol. The second-order valence-corrected chi connectivity index (χ2v) is 2.57. The normalized spacial score (nSPS) is 10.6. The Labute approximate surface area is 77.7 Å². The number of hydrogen-bond acceptors (Lipinski definition) is 6. The Bertz CT molecular complexity index is 516. The van der Waals surface area contributed by atoms with Gasteiger partial charge in [-0.15, -0.1) is 0 Å². The monoisotopic (exact) mass is 193 g/mol. The maximum atomic E-state index is 11.0. The molecule has 6 N–H and O–H groups in total. The number of carbonyl (C=O) groups excluding carboxylic acids is 1. The minimum atomic E-state index is -0.772. The van der Waals surface area contributed by atoms with Gasteiger partial charge in [-0.2, -0.15) is 4.98 Å². The molecule has 1 amide bonds. The van der Waals surface area contributed by atoms with E-state index in [4.69, 9.17) is 17.2 Å². The number of anilines is 2. The molecule has 0 aliphatic carbocycles. The fraction of sp³-hybridized carbons (Fsp3) is 0. The van der Waals surface area contributed by atoms with Crippen molar-refractivity contribution in [2.45, 2.75) is 0 Å². The van der Waals surface area contributed by atoms with Gasteiger partial charge in [-0.1, -0.05) is 0 Å². The average Bonchev–Trinajstić information content (AvgIpc) is 2.42. The van der Waals surface area contributed by atoms with Crippen molar-refractivity contribution < 1.29 is 4.79 Å². The van der Waals surface area contributed by atoms with Crippen LogP contribution < -0.4 is 17.2 Å². The minimum absolute atomic E-state index is 0.0558. The van der Waals surface area contributed by atoms with Gasteiger partial charge in [-0.25, -0.2) is 19.3 Å². The van der Waals surface area contributed by atoms with Gasteiger partial charge in [0, 0.05) is 0 Å². The molecule has 0 atom stereocenters. The van der Waals surface area contributed by atoms with E-state index in [9.17, 15) is 4.79 Å². The van der Waals surface area contributed by atoms with Crippen molar-refractivity contribution in [3.63, 3.8) is 0 Å². The van der Waals surface area contributed by atoms with Gasteiger partial charge in [0.15, 0.2) is 11.5 Å². The number of nitrogens with two attached hydrogens (primary N) is 3. The quantitative estimate of drug-likeness (QED) is 0.486. The minimum Gasteiger partial charge on any atom is -0.382 e. The number of fused-ring (bicyclic) bond motifs is 1. The Morgan fingerprint density at radius 1 is 1.36 bits per heavy atom. The van der Waals surface area contributed by atoms with E-state index in [-0.39, 0.29) is 22.9 Å². The fourth-order valence-electron chi connectivity index (χ4n) is 1.18. The van der Waals surface area contributed by atoms with Crippen molar-refractivity contribution in [1.29, 1.82) is 0 Å². The summed E-state index contributed by atoms with van der Waals surface area (Å²) in [6.45, 7) is 0. The molecule has 2 rings (SSSR count). The van der Waals surface area contributed by atoms with E-state index < -0.39 is 6.03 Å². The third-order valence-corrected chi connectivity index (χ3v) is 1.72. The molecule has 2 aromatic rings. The van der Waals surface area contributed by atoms with Crippen molar-refractivity contribution in [3.05, 3.63) is 6.33 Å². The van der Waals surface area contributed by atoms with Crippen molar-refractivity contribution in [2.75, 3.05) is 11.5 Å². The summed E-state index contributed by atoms with van der Waals surface area (Å²) in [5, 5.41) is 0. The summed E-state index contributed by atoms with van der Waals surface area (Å²) < 4.78 is 0.963. The molecule has 0 radical (unpaired) electrons. The predicted molar refractivity (Wildman–Crippen MR) is 49.1 cm³/mol. The van der Waals surface area contributed by atoms with E-state index >= 15 is 0 Å². The maximum Gasteiger partial charge on any atom is 0.326 e. The summed E-state index contributed by atoms with van der Waals surface area (Å²) in [5.41, 5.74) is 16.5. The Kier molecular flexibility index (Phi) is 1.50. The van der Waals surface area contributed by atoms with Crippen molar-refractivity contribution in [3.8, 4) is 0 Å². The van der Waals surface area contributed by atoms with Gasteiger partial charge in [-0.3, -0.25) is 0 Å². The summed E-state index contributed by atoms with van der Waals surface area (Å²) in [6, 6.07) is -0.772. The molecule has 0 bridgehead atoms. The first-order valence-electron chi connectivity index (χ1n) is 3.65. The van der Waals surface area contributed by atoms with Crippen LogP contribution in [0.15, 0.2) is 6.33 Å². The lowest BCUT2D eigenvalue weighted by atomic mass is 10.5. The molecule has 2 heterocycles. The van der Waals surface area contributed by atoms with Crippen LogP contribution in [0.2, 0.25) is 0 Å². The van der Waals surface area contributed by atoms with Crippen molar-refractivity contribution in [1.82, 2.24) is 19.5 Å². The van der Waals surface area contributed by atoms with Crippen LogP contribution in [0.5, 0.6) is 0 Å². The Hall–Kier alpha value is -2.38. The number of aromatic nitrogens is 4. The molecule has 0 saturated carbocycles. The lowest BCUT2D eigenvalue weighted by Gasteiger charge is -2.00. The number of nitrogens with zero attached hydrogens (tertiary/aromatic N) is 4. The summed E-state index contributed by atoms with van der Waals surface area (Å²) >= 11 is 0. The van der Waals surface area contributed by atoms with E-state index in [1.54, 1.807) is 0 Å².